The second-order valence-electron chi connectivity index (χ2n) is 4.17. The third-order valence-corrected chi connectivity index (χ3v) is 2.74. The Morgan fingerprint density at radius 3 is 2.67 bits per heavy atom. The lowest BCUT2D eigenvalue weighted by atomic mass is 10.1. The molecule has 5 nitrogen and oxygen atoms in total. The summed E-state index contributed by atoms with van der Waals surface area (Å²) >= 11 is 5.82. The van der Waals surface area contributed by atoms with Gasteiger partial charge in [-0.15, -0.1) is 11.6 Å². The van der Waals surface area contributed by atoms with Gasteiger partial charge in [0.25, 0.3) is 11.6 Å². The predicted molar refractivity (Wildman–Crippen MR) is 70.1 cm³/mol. The second kappa shape index (κ2) is 5.82. The number of carbonyl (C=O) groups excluding carboxylic acids is 1. The molecule has 1 aromatic rings. The van der Waals surface area contributed by atoms with Crippen LogP contribution in [0.1, 0.15) is 22.8 Å². The fourth-order valence-corrected chi connectivity index (χ4v) is 1.93. The molecule has 1 rings (SSSR count). The second-order valence-corrected chi connectivity index (χ2v) is 4.92. The zero-order chi connectivity index (χ0) is 13.9. The van der Waals surface area contributed by atoms with Crippen LogP contribution >= 0.6 is 11.6 Å². The summed E-state index contributed by atoms with van der Waals surface area (Å²) < 4.78 is 0. The van der Waals surface area contributed by atoms with Crippen LogP contribution < -0.4 is 0 Å². The van der Waals surface area contributed by atoms with E-state index in [9.17, 15) is 14.9 Å². The maximum Gasteiger partial charge on any atom is 0.273 e. The average Bonchev–Trinajstić information content (AvgIpc) is 2.27. The van der Waals surface area contributed by atoms with Crippen LogP contribution in [-0.2, 0) is 0 Å². The number of hydrogen-bond donors (Lipinski definition) is 0. The molecule has 98 valence electrons. The van der Waals surface area contributed by atoms with Gasteiger partial charge in [-0.25, -0.2) is 0 Å². The molecule has 0 radical (unpaired) electrons. The summed E-state index contributed by atoms with van der Waals surface area (Å²) in [5.74, 6) is -0.260. The van der Waals surface area contributed by atoms with E-state index in [4.69, 9.17) is 11.6 Å². The third kappa shape index (κ3) is 3.20. The monoisotopic (exact) mass is 270 g/mol. The van der Waals surface area contributed by atoms with E-state index in [1.807, 2.05) is 0 Å². The first-order valence-electron chi connectivity index (χ1n) is 5.48. The van der Waals surface area contributed by atoms with Crippen LogP contribution in [0.25, 0.3) is 0 Å². The fraction of sp³-hybridized carbons (Fsp3) is 0.417. The van der Waals surface area contributed by atoms with Crippen molar-refractivity contribution in [3.63, 3.8) is 0 Å². The summed E-state index contributed by atoms with van der Waals surface area (Å²) in [5, 5.41) is 10.6. The average molecular weight is 271 g/mol. The molecule has 1 aromatic carbocycles. The number of amides is 1. The molecule has 0 saturated heterocycles. The van der Waals surface area contributed by atoms with Gasteiger partial charge in [0.2, 0.25) is 0 Å². The SMILES string of the molecule is Cc1c(C(=O)N(C)CC(C)Cl)cccc1[N+](=O)[O-]. The molecular weight excluding hydrogens is 256 g/mol. The van der Waals surface area contributed by atoms with Gasteiger partial charge in [0.1, 0.15) is 0 Å². The van der Waals surface area contributed by atoms with Crippen molar-refractivity contribution in [2.24, 2.45) is 0 Å². The number of halogens is 1. The zero-order valence-corrected chi connectivity index (χ0v) is 11.3. The lowest BCUT2D eigenvalue weighted by molar-refractivity contribution is -0.385. The van der Waals surface area contributed by atoms with Crippen molar-refractivity contribution in [1.29, 1.82) is 0 Å². The Hall–Kier alpha value is -1.62. The van der Waals surface area contributed by atoms with Crippen LogP contribution in [0.4, 0.5) is 5.69 Å². The minimum Gasteiger partial charge on any atom is -0.340 e. The van der Waals surface area contributed by atoms with E-state index in [0.717, 1.165) is 0 Å². The smallest absolute Gasteiger partial charge is 0.273 e. The predicted octanol–water partition coefficient (Wildman–Crippen LogP) is 2.60. The zero-order valence-electron chi connectivity index (χ0n) is 10.5. The van der Waals surface area contributed by atoms with Gasteiger partial charge in [-0.05, 0) is 19.9 Å². The van der Waals surface area contributed by atoms with E-state index in [-0.39, 0.29) is 17.0 Å². The molecule has 0 aliphatic heterocycles. The molecule has 1 unspecified atom stereocenters. The summed E-state index contributed by atoms with van der Waals surface area (Å²) in [6.45, 7) is 3.75. The Bertz CT molecular complexity index is 474. The maximum atomic E-state index is 12.1. The molecule has 0 spiro atoms. The molecule has 1 atom stereocenters. The van der Waals surface area contributed by atoms with Gasteiger partial charge in [-0.3, -0.25) is 14.9 Å². The normalized spacial score (nSPS) is 12.0. The van der Waals surface area contributed by atoms with Crippen LogP contribution in [0.3, 0.4) is 0 Å². The highest BCUT2D eigenvalue weighted by Crippen LogP contribution is 2.22. The molecule has 6 heteroatoms. The van der Waals surface area contributed by atoms with Crippen LogP contribution in [0.15, 0.2) is 18.2 Å². The minimum atomic E-state index is -0.490. The molecular formula is C12H15ClN2O3. The molecule has 0 aliphatic rings. The molecule has 0 heterocycles. The highest BCUT2D eigenvalue weighted by Gasteiger charge is 2.20. The lowest BCUT2D eigenvalue weighted by Crippen LogP contribution is -2.31. The number of carbonyl (C=O) groups is 1. The van der Waals surface area contributed by atoms with Crippen molar-refractivity contribution >= 4 is 23.2 Å². The van der Waals surface area contributed by atoms with Gasteiger partial charge in [0.15, 0.2) is 0 Å². The fourth-order valence-electron chi connectivity index (χ4n) is 1.72. The summed E-state index contributed by atoms with van der Waals surface area (Å²) in [6.07, 6.45) is 0. The van der Waals surface area contributed by atoms with Crippen molar-refractivity contribution in [1.82, 2.24) is 4.90 Å². The topological polar surface area (TPSA) is 63.5 Å². The van der Waals surface area contributed by atoms with E-state index in [1.54, 1.807) is 27.0 Å². The summed E-state index contributed by atoms with van der Waals surface area (Å²) in [4.78, 5) is 23.9. The van der Waals surface area contributed by atoms with Crippen LogP contribution in [0.2, 0.25) is 0 Å². The number of rotatable bonds is 4. The number of benzene rings is 1. The number of nitro groups is 1. The highest BCUT2D eigenvalue weighted by atomic mass is 35.5. The summed E-state index contributed by atoms with van der Waals surface area (Å²) in [6, 6.07) is 4.48. The Morgan fingerprint density at radius 2 is 2.17 bits per heavy atom. The van der Waals surface area contributed by atoms with Gasteiger partial charge < -0.3 is 4.90 Å². The first-order chi connectivity index (χ1) is 8.34. The van der Waals surface area contributed by atoms with E-state index in [1.165, 1.54) is 17.0 Å². The summed E-state index contributed by atoms with van der Waals surface area (Å²) in [7, 11) is 1.62. The van der Waals surface area contributed by atoms with Crippen molar-refractivity contribution in [2.45, 2.75) is 19.2 Å². The standard InChI is InChI=1S/C12H15ClN2O3/c1-8(13)7-14(3)12(16)10-5-4-6-11(9(10)2)15(17)18/h4-6,8H,7H2,1-3H3. The van der Waals surface area contributed by atoms with Crippen LogP contribution in [-0.4, -0.2) is 34.7 Å². The Kier molecular flexibility index (Phi) is 4.67. The lowest BCUT2D eigenvalue weighted by Gasteiger charge is -2.19. The van der Waals surface area contributed by atoms with E-state index in [2.05, 4.69) is 0 Å². The Labute approximate surface area is 110 Å². The molecule has 0 N–H and O–H groups in total. The molecule has 18 heavy (non-hydrogen) atoms. The molecule has 0 saturated carbocycles. The van der Waals surface area contributed by atoms with Crippen molar-refractivity contribution in [2.75, 3.05) is 13.6 Å². The van der Waals surface area contributed by atoms with Crippen molar-refractivity contribution < 1.29 is 9.72 Å². The van der Waals surface area contributed by atoms with Gasteiger partial charge in [-0.2, -0.15) is 0 Å². The first-order valence-corrected chi connectivity index (χ1v) is 5.91. The first kappa shape index (κ1) is 14.4. The molecule has 1 amide bonds. The third-order valence-electron chi connectivity index (χ3n) is 2.60. The van der Waals surface area contributed by atoms with Crippen LogP contribution in [0, 0.1) is 17.0 Å². The molecule has 0 fully saturated rings. The molecule has 0 aromatic heterocycles. The number of nitrogens with zero attached hydrogens (tertiary/aromatic N) is 2. The van der Waals surface area contributed by atoms with E-state index >= 15 is 0 Å². The van der Waals surface area contributed by atoms with E-state index in [0.29, 0.717) is 17.7 Å². The van der Waals surface area contributed by atoms with Gasteiger partial charge in [-0.1, -0.05) is 6.07 Å². The Balaban J connectivity index is 3.07. The van der Waals surface area contributed by atoms with Crippen LogP contribution in [0.5, 0.6) is 0 Å². The van der Waals surface area contributed by atoms with Crippen molar-refractivity contribution in [3.05, 3.63) is 39.4 Å². The van der Waals surface area contributed by atoms with Gasteiger partial charge in [0.05, 0.1) is 4.92 Å². The maximum absolute atomic E-state index is 12.1. The molecule has 0 aliphatic carbocycles. The molecule has 0 bridgehead atoms. The van der Waals surface area contributed by atoms with Gasteiger partial charge >= 0.3 is 0 Å². The highest BCUT2D eigenvalue weighted by molar-refractivity contribution is 6.20. The van der Waals surface area contributed by atoms with Gasteiger partial charge in [0, 0.05) is 36.2 Å². The van der Waals surface area contributed by atoms with Crippen molar-refractivity contribution in [3.8, 4) is 0 Å². The largest absolute Gasteiger partial charge is 0.340 e. The number of nitro benzene ring substituents is 1. The quantitative estimate of drug-likeness (QED) is 0.480. The number of hydrogen-bond acceptors (Lipinski definition) is 3. The Morgan fingerprint density at radius 1 is 1.56 bits per heavy atom. The number of alkyl halides is 1. The van der Waals surface area contributed by atoms with E-state index < -0.39 is 4.92 Å². The summed E-state index contributed by atoms with van der Waals surface area (Å²) in [5.41, 5.74) is 0.666. The minimum absolute atomic E-state index is 0.0480.